The molecule has 0 spiro atoms. The highest BCUT2D eigenvalue weighted by molar-refractivity contribution is 5.13. The summed E-state index contributed by atoms with van der Waals surface area (Å²) in [5.41, 5.74) is 1.28. The average molecular weight is 288 g/mol. The predicted molar refractivity (Wildman–Crippen MR) is 86.4 cm³/mol. The van der Waals surface area contributed by atoms with E-state index < -0.39 is 0 Å². The molecular weight excluding hydrogens is 260 g/mol. The maximum Gasteiger partial charge on any atom is 0.0833 e. The molecule has 2 fully saturated rings. The zero-order chi connectivity index (χ0) is 14.3. The summed E-state index contributed by atoms with van der Waals surface area (Å²) in [5, 5.41) is 0. The molecule has 1 aromatic carbocycles. The zero-order valence-electron chi connectivity index (χ0n) is 13.0. The molecule has 21 heavy (non-hydrogen) atoms. The molecule has 3 nitrogen and oxygen atoms in total. The molecule has 2 aliphatic rings. The third-order valence-electron chi connectivity index (χ3n) is 4.65. The van der Waals surface area contributed by atoms with Crippen LogP contribution in [0.4, 0.5) is 0 Å². The summed E-state index contributed by atoms with van der Waals surface area (Å²) in [4.78, 5) is 5.15. The Bertz CT molecular complexity index is 379. The minimum Gasteiger partial charge on any atom is -0.371 e. The molecule has 0 bridgehead atoms. The van der Waals surface area contributed by atoms with Crippen molar-refractivity contribution >= 4 is 0 Å². The molecule has 2 saturated heterocycles. The smallest absolute Gasteiger partial charge is 0.0833 e. The van der Waals surface area contributed by atoms with Crippen LogP contribution in [0.1, 0.15) is 31.2 Å². The van der Waals surface area contributed by atoms with Crippen LogP contribution < -0.4 is 0 Å². The Morgan fingerprint density at radius 1 is 0.810 bits per heavy atom. The van der Waals surface area contributed by atoms with E-state index >= 15 is 0 Å². The lowest BCUT2D eigenvalue weighted by molar-refractivity contribution is 0.00134. The summed E-state index contributed by atoms with van der Waals surface area (Å²) in [5.74, 6) is 0. The minimum absolute atomic E-state index is 0.349. The Labute approximate surface area is 128 Å². The molecule has 2 aliphatic heterocycles. The Morgan fingerprint density at radius 2 is 1.33 bits per heavy atom. The molecule has 3 heteroatoms. The topological polar surface area (TPSA) is 15.7 Å². The van der Waals surface area contributed by atoms with Crippen molar-refractivity contribution in [2.24, 2.45) is 0 Å². The molecule has 0 atom stereocenters. The van der Waals surface area contributed by atoms with Crippen LogP contribution in [0, 0.1) is 0 Å². The van der Waals surface area contributed by atoms with Crippen LogP contribution in [0.3, 0.4) is 0 Å². The van der Waals surface area contributed by atoms with Crippen LogP contribution in [0.2, 0.25) is 0 Å². The van der Waals surface area contributed by atoms with Crippen LogP contribution in [0.5, 0.6) is 0 Å². The van der Waals surface area contributed by atoms with Crippen LogP contribution in [-0.4, -0.2) is 55.2 Å². The van der Waals surface area contributed by atoms with E-state index in [4.69, 9.17) is 4.74 Å². The number of benzene rings is 1. The Balaban J connectivity index is 1.52. The van der Waals surface area contributed by atoms with Crippen LogP contribution in [0.15, 0.2) is 30.3 Å². The second kappa shape index (κ2) is 7.92. The molecule has 3 rings (SSSR count). The molecule has 1 aromatic rings. The van der Waals surface area contributed by atoms with Crippen molar-refractivity contribution in [1.82, 2.24) is 9.80 Å². The van der Waals surface area contributed by atoms with Crippen molar-refractivity contribution in [1.29, 1.82) is 0 Å². The number of rotatable bonds is 7. The summed E-state index contributed by atoms with van der Waals surface area (Å²) in [6.45, 7) is 7.96. The highest BCUT2D eigenvalue weighted by Crippen LogP contribution is 2.14. The van der Waals surface area contributed by atoms with Gasteiger partial charge >= 0.3 is 0 Å². The minimum atomic E-state index is 0.349. The summed E-state index contributed by atoms with van der Waals surface area (Å²) in [6, 6.07) is 10.6. The molecular formula is C18H28N2O. The standard InChI is InChI=1S/C18H28N2O/c1-2-8-17(9-3-1)16-21-18(14-19-10-4-5-11-19)15-20-12-6-7-13-20/h1-3,8-9,18H,4-7,10-16H2. The first kappa shape index (κ1) is 15.0. The van der Waals surface area contributed by atoms with Crippen molar-refractivity contribution in [3.63, 3.8) is 0 Å². The summed E-state index contributed by atoms with van der Waals surface area (Å²) in [6.07, 6.45) is 5.77. The van der Waals surface area contributed by atoms with E-state index in [9.17, 15) is 0 Å². The van der Waals surface area contributed by atoms with Gasteiger partial charge in [-0.2, -0.15) is 0 Å². The van der Waals surface area contributed by atoms with E-state index in [1.54, 1.807) is 0 Å². The lowest BCUT2D eigenvalue weighted by Gasteiger charge is -2.27. The zero-order valence-corrected chi connectivity index (χ0v) is 13.0. The van der Waals surface area contributed by atoms with E-state index in [1.165, 1.54) is 57.4 Å². The van der Waals surface area contributed by atoms with E-state index in [1.807, 2.05) is 0 Å². The van der Waals surface area contributed by atoms with E-state index in [0.29, 0.717) is 6.10 Å². The third-order valence-corrected chi connectivity index (χ3v) is 4.65. The number of hydrogen-bond donors (Lipinski definition) is 0. The second-order valence-corrected chi connectivity index (χ2v) is 6.43. The molecule has 0 aliphatic carbocycles. The number of ether oxygens (including phenoxy) is 1. The highest BCUT2D eigenvalue weighted by atomic mass is 16.5. The molecule has 0 radical (unpaired) electrons. The molecule has 0 saturated carbocycles. The van der Waals surface area contributed by atoms with Gasteiger partial charge < -0.3 is 14.5 Å². The van der Waals surface area contributed by atoms with Gasteiger partial charge in [-0.1, -0.05) is 30.3 Å². The van der Waals surface area contributed by atoms with Gasteiger partial charge in [-0.25, -0.2) is 0 Å². The van der Waals surface area contributed by atoms with Crippen molar-refractivity contribution in [3.05, 3.63) is 35.9 Å². The van der Waals surface area contributed by atoms with Crippen LogP contribution in [-0.2, 0) is 11.3 Å². The van der Waals surface area contributed by atoms with Crippen LogP contribution >= 0.6 is 0 Å². The monoisotopic (exact) mass is 288 g/mol. The summed E-state index contributed by atoms with van der Waals surface area (Å²) < 4.78 is 6.27. The van der Waals surface area contributed by atoms with Crippen molar-refractivity contribution in [2.45, 2.75) is 38.4 Å². The Morgan fingerprint density at radius 3 is 1.86 bits per heavy atom. The summed E-state index contributed by atoms with van der Waals surface area (Å²) in [7, 11) is 0. The third kappa shape index (κ3) is 4.80. The number of nitrogens with zero attached hydrogens (tertiary/aromatic N) is 2. The first-order valence-electron chi connectivity index (χ1n) is 8.50. The van der Waals surface area contributed by atoms with E-state index in [-0.39, 0.29) is 0 Å². The first-order valence-corrected chi connectivity index (χ1v) is 8.50. The Kier molecular flexibility index (Phi) is 5.67. The van der Waals surface area contributed by atoms with Gasteiger partial charge in [0.25, 0.3) is 0 Å². The van der Waals surface area contributed by atoms with Gasteiger partial charge in [-0.15, -0.1) is 0 Å². The highest BCUT2D eigenvalue weighted by Gasteiger charge is 2.22. The number of hydrogen-bond acceptors (Lipinski definition) is 3. The lowest BCUT2D eigenvalue weighted by Crippen LogP contribution is -2.40. The van der Waals surface area contributed by atoms with Gasteiger partial charge in [0.15, 0.2) is 0 Å². The fraction of sp³-hybridized carbons (Fsp3) is 0.667. The average Bonchev–Trinajstić information content (AvgIpc) is 3.20. The van der Waals surface area contributed by atoms with Crippen molar-refractivity contribution < 1.29 is 4.74 Å². The quantitative estimate of drug-likeness (QED) is 0.767. The largest absolute Gasteiger partial charge is 0.371 e. The summed E-state index contributed by atoms with van der Waals surface area (Å²) >= 11 is 0. The molecule has 0 amide bonds. The van der Waals surface area contributed by atoms with Gasteiger partial charge in [-0.3, -0.25) is 0 Å². The molecule has 2 heterocycles. The Hall–Kier alpha value is -0.900. The maximum atomic E-state index is 6.27. The van der Waals surface area contributed by atoms with E-state index in [2.05, 4.69) is 40.1 Å². The van der Waals surface area contributed by atoms with Gasteiger partial charge in [0, 0.05) is 13.1 Å². The second-order valence-electron chi connectivity index (χ2n) is 6.43. The van der Waals surface area contributed by atoms with Crippen LogP contribution in [0.25, 0.3) is 0 Å². The van der Waals surface area contributed by atoms with Crippen molar-refractivity contribution in [2.75, 3.05) is 39.3 Å². The normalized spacial score (nSPS) is 20.6. The lowest BCUT2D eigenvalue weighted by atomic mass is 10.2. The van der Waals surface area contributed by atoms with Gasteiger partial charge in [-0.05, 0) is 57.4 Å². The number of likely N-dealkylation sites (tertiary alicyclic amines) is 2. The molecule has 0 N–H and O–H groups in total. The van der Waals surface area contributed by atoms with E-state index in [0.717, 1.165) is 19.7 Å². The van der Waals surface area contributed by atoms with Gasteiger partial charge in [0.2, 0.25) is 0 Å². The fourth-order valence-corrected chi connectivity index (χ4v) is 3.46. The SMILES string of the molecule is c1ccc(COC(CN2CCCC2)CN2CCCC2)cc1. The maximum absolute atomic E-state index is 6.27. The first-order chi connectivity index (χ1) is 10.4. The fourth-order valence-electron chi connectivity index (χ4n) is 3.46. The van der Waals surface area contributed by atoms with Gasteiger partial charge in [0.05, 0.1) is 12.7 Å². The molecule has 116 valence electrons. The van der Waals surface area contributed by atoms with Gasteiger partial charge in [0.1, 0.15) is 0 Å². The molecule has 0 unspecified atom stereocenters. The molecule has 0 aromatic heterocycles. The predicted octanol–water partition coefficient (Wildman–Crippen LogP) is 2.76. The van der Waals surface area contributed by atoms with Crippen molar-refractivity contribution in [3.8, 4) is 0 Å².